The number of allylic oxidation sites excluding steroid dienone is 2. The van der Waals surface area contributed by atoms with Gasteiger partial charge in [-0.2, -0.15) is 0 Å². The molecule has 0 radical (unpaired) electrons. The summed E-state index contributed by atoms with van der Waals surface area (Å²) in [7, 11) is 0. The van der Waals surface area contributed by atoms with Gasteiger partial charge in [-0.3, -0.25) is 9.59 Å². The molecule has 0 aromatic rings. The van der Waals surface area contributed by atoms with E-state index in [9.17, 15) is 14.7 Å². The minimum atomic E-state index is -1.53. The lowest BCUT2D eigenvalue weighted by Gasteiger charge is -2.75. The first-order chi connectivity index (χ1) is 13.5. The maximum absolute atomic E-state index is 13.9. The van der Waals surface area contributed by atoms with Gasteiger partial charge in [0, 0.05) is 11.8 Å². The van der Waals surface area contributed by atoms with Gasteiger partial charge in [-0.25, -0.2) is 0 Å². The van der Waals surface area contributed by atoms with Gasteiger partial charge in [0.2, 0.25) is 5.79 Å². The van der Waals surface area contributed by atoms with Crippen LogP contribution in [-0.2, 0) is 23.8 Å². The molecule has 8 atom stereocenters. The van der Waals surface area contributed by atoms with Crippen molar-refractivity contribution >= 4 is 11.6 Å². The Morgan fingerprint density at radius 3 is 2.62 bits per heavy atom. The normalized spacial score (nSPS) is 55.6. The summed E-state index contributed by atoms with van der Waals surface area (Å²) in [5.41, 5.74) is -2.11. The molecule has 3 saturated heterocycles. The van der Waals surface area contributed by atoms with Gasteiger partial charge in [0.05, 0.1) is 18.1 Å². The predicted octanol–water partition coefficient (Wildman–Crippen LogP) is 2.16. The molecule has 0 unspecified atom stereocenters. The van der Waals surface area contributed by atoms with E-state index in [4.69, 9.17) is 14.2 Å². The quantitative estimate of drug-likeness (QED) is 0.628. The number of rotatable bonds is 0. The van der Waals surface area contributed by atoms with Crippen molar-refractivity contribution in [1.82, 2.24) is 0 Å². The number of aliphatic hydroxyl groups excluding tert-OH is 1. The van der Waals surface area contributed by atoms with Crippen LogP contribution in [0.25, 0.3) is 0 Å². The fourth-order valence-electron chi connectivity index (χ4n) is 8.23. The third-order valence-corrected chi connectivity index (χ3v) is 8.96. The van der Waals surface area contributed by atoms with Crippen LogP contribution < -0.4 is 0 Å². The fourth-order valence-corrected chi connectivity index (χ4v) is 8.23. The summed E-state index contributed by atoms with van der Waals surface area (Å²) < 4.78 is 19.1. The van der Waals surface area contributed by atoms with Crippen LogP contribution in [0.2, 0.25) is 0 Å². The lowest BCUT2D eigenvalue weighted by molar-refractivity contribution is -0.521. The Labute approximate surface area is 170 Å². The van der Waals surface area contributed by atoms with Crippen LogP contribution >= 0.6 is 0 Å². The molecule has 3 aliphatic heterocycles. The number of aliphatic hydroxyl groups is 1. The first-order valence-corrected chi connectivity index (χ1v) is 10.6. The molecule has 0 amide bonds. The van der Waals surface area contributed by atoms with Crippen molar-refractivity contribution in [2.45, 2.75) is 64.3 Å². The third kappa shape index (κ3) is 1.60. The molecule has 1 N–H and O–H groups in total. The van der Waals surface area contributed by atoms with Crippen molar-refractivity contribution in [2.24, 2.45) is 34.0 Å². The van der Waals surface area contributed by atoms with Crippen LogP contribution in [0.4, 0.5) is 0 Å². The monoisotopic (exact) mass is 400 g/mol. The van der Waals surface area contributed by atoms with Crippen LogP contribution in [-0.4, -0.2) is 47.1 Å². The Hall–Kier alpha value is -1.34. The van der Waals surface area contributed by atoms with Crippen molar-refractivity contribution in [1.29, 1.82) is 0 Å². The van der Waals surface area contributed by atoms with E-state index in [0.717, 1.165) is 6.42 Å². The molecule has 3 heterocycles. The first kappa shape index (κ1) is 18.4. The minimum Gasteiger partial charge on any atom is -0.387 e. The summed E-state index contributed by atoms with van der Waals surface area (Å²) in [6.07, 6.45) is 3.33. The number of carbonyl (C=O) groups excluding carboxylic acids is 2. The Kier molecular flexibility index (Phi) is 3.03. The van der Waals surface area contributed by atoms with E-state index in [0.29, 0.717) is 12.0 Å². The Morgan fingerprint density at radius 2 is 1.90 bits per heavy atom. The van der Waals surface area contributed by atoms with Gasteiger partial charge >= 0.3 is 0 Å². The molecule has 29 heavy (non-hydrogen) atoms. The van der Waals surface area contributed by atoms with Gasteiger partial charge in [0.1, 0.15) is 11.5 Å². The zero-order chi connectivity index (χ0) is 20.8. The summed E-state index contributed by atoms with van der Waals surface area (Å²) in [5, 5.41) is 11.9. The molecular formula is C23H28O6. The van der Waals surface area contributed by atoms with E-state index in [1.165, 1.54) is 0 Å². The van der Waals surface area contributed by atoms with E-state index in [-0.39, 0.29) is 30.0 Å². The summed E-state index contributed by atoms with van der Waals surface area (Å²) in [6.45, 7) is 11.9. The second kappa shape index (κ2) is 4.77. The minimum absolute atomic E-state index is 0.0547. The molecule has 3 saturated carbocycles. The standard InChI is InChI=1S/C23H28O6/c1-11-12-6-7-13-21-10-27-23(17(26)15(21)19(2,3)9-8-14(21)24)22(13,16(11)25)18(12)28-20(4,5)29-23/h8-9,12-13,15,17-18,26H,1,6-7,10H2,2-5H3/t12-,13-,15+,17-,18+,21+,22-,23-/m0/s1. The Morgan fingerprint density at radius 1 is 1.17 bits per heavy atom. The van der Waals surface area contributed by atoms with Crippen LogP contribution in [0, 0.1) is 34.0 Å². The van der Waals surface area contributed by atoms with Gasteiger partial charge in [-0.05, 0) is 49.7 Å². The predicted molar refractivity (Wildman–Crippen MR) is 101 cm³/mol. The number of carbonyl (C=O) groups is 2. The van der Waals surface area contributed by atoms with Gasteiger partial charge in [0.15, 0.2) is 17.4 Å². The van der Waals surface area contributed by atoms with Gasteiger partial charge < -0.3 is 19.3 Å². The topological polar surface area (TPSA) is 82.1 Å². The average molecular weight is 400 g/mol. The van der Waals surface area contributed by atoms with Crippen molar-refractivity contribution < 1.29 is 28.9 Å². The largest absolute Gasteiger partial charge is 0.387 e. The third-order valence-electron chi connectivity index (χ3n) is 8.96. The summed E-state index contributed by atoms with van der Waals surface area (Å²) in [5.74, 6) is -3.61. The number of Topliss-reactive ketones (excluding diaryl/α,β-unsaturated/α-hetero) is 1. The van der Waals surface area contributed by atoms with Crippen molar-refractivity contribution in [2.75, 3.05) is 6.61 Å². The second-order valence-corrected chi connectivity index (χ2v) is 10.9. The molecule has 3 spiro atoms. The van der Waals surface area contributed by atoms with Gasteiger partial charge in [-0.15, -0.1) is 0 Å². The fraction of sp³-hybridized carbons (Fsp3) is 0.739. The highest BCUT2D eigenvalue weighted by molar-refractivity contribution is 6.07. The zero-order valence-corrected chi connectivity index (χ0v) is 17.4. The molecule has 0 aromatic carbocycles. The number of ketones is 2. The van der Waals surface area contributed by atoms with Crippen molar-refractivity contribution in [3.63, 3.8) is 0 Å². The lowest BCUT2D eigenvalue weighted by Crippen LogP contribution is -2.88. The van der Waals surface area contributed by atoms with E-state index in [1.54, 1.807) is 19.9 Å². The molecule has 7 aliphatic rings. The molecule has 6 fully saturated rings. The van der Waals surface area contributed by atoms with Gasteiger partial charge in [0.25, 0.3) is 0 Å². The highest BCUT2D eigenvalue weighted by Gasteiger charge is 2.89. The lowest BCUT2D eigenvalue weighted by atomic mass is 9.36. The number of fused-ring (bicyclic) bond motifs is 1. The molecule has 6 nitrogen and oxygen atoms in total. The molecular weight excluding hydrogens is 372 g/mol. The maximum atomic E-state index is 13.9. The molecule has 4 bridgehead atoms. The first-order valence-electron chi connectivity index (χ1n) is 10.6. The number of ether oxygens (including phenoxy) is 3. The summed E-state index contributed by atoms with van der Waals surface area (Å²) >= 11 is 0. The Bertz CT molecular complexity index is 916. The van der Waals surface area contributed by atoms with E-state index < -0.39 is 45.9 Å². The van der Waals surface area contributed by atoms with Crippen LogP contribution in [0.15, 0.2) is 24.3 Å². The maximum Gasteiger partial charge on any atom is 0.213 e. The van der Waals surface area contributed by atoms with Crippen molar-refractivity contribution in [3.05, 3.63) is 24.3 Å². The SMILES string of the molecule is C=C1C(=O)[C@@]23[C@@H]4OC(C)(C)O[C@]25OC[C@]2(C(=O)C=CC(C)(C)[C@H]2[C@@H]5O)[C@@H]3CC[C@@H]14. The smallest absolute Gasteiger partial charge is 0.213 e. The summed E-state index contributed by atoms with van der Waals surface area (Å²) in [6, 6.07) is 0. The molecule has 0 aromatic heterocycles. The molecule has 4 aliphatic carbocycles. The van der Waals surface area contributed by atoms with Gasteiger partial charge in [-0.1, -0.05) is 26.5 Å². The molecule has 7 rings (SSSR count). The highest BCUT2D eigenvalue weighted by Crippen LogP contribution is 2.78. The second-order valence-electron chi connectivity index (χ2n) is 10.9. The zero-order valence-electron chi connectivity index (χ0n) is 17.4. The molecule has 156 valence electrons. The Balaban J connectivity index is 1.71. The highest BCUT2D eigenvalue weighted by atomic mass is 16.8. The van der Waals surface area contributed by atoms with Crippen LogP contribution in [0.5, 0.6) is 0 Å². The summed E-state index contributed by atoms with van der Waals surface area (Å²) in [4.78, 5) is 27.4. The average Bonchev–Trinajstić information content (AvgIpc) is 2.75. The number of hydrogen-bond acceptors (Lipinski definition) is 6. The van der Waals surface area contributed by atoms with E-state index in [1.807, 2.05) is 19.9 Å². The molecule has 6 heteroatoms. The van der Waals surface area contributed by atoms with E-state index >= 15 is 0 Å². The van der Waals surface area contributed by atoms with E-state index in [2.05, 4.69) is 6.58 Å². The van der Waals surface area contributed by atoms with Crippen LogP contribution in [0.3, 0.4) is 0 Å². The van der Waals surface area contributed by atoms with Crippen molar-refractivity contribution in [3.8, 4) is 0 Å². The van der Waals surface area contributed by atoms with Crippen LogP contribution in [0.1, 0.15) is 40.5 Å². The number of hydrogen-bond donors (Lipinski definition) is 1.